The van der Waals surface area contributed by atoms with E-state index < -0.39 is 0 Å². The van der Waals surface area contributed by atoms with E-state index in [2.05, 4.69) is 42.0 Å². The van der Waals surface area contributed by atoms with Crippen LogP contribution in [0.25, 0.3) is 0 Å². The lowest BCUT2D eigenvalue weighted by Crippen LogP contribution is -2.24. The molecule has 0 aliphatic rings. The van der Waals surface area contributed by atoms with Crippen LogP contribution in [0.3, 0.4) is 0 Å². The van der Waals surface area contributed by atoms with Gasteiger partial charge in [-0.2, -0.15) is 0 Å². The van der Waals surface area contributed by atoms with E-state index in [-0.39, 0.29) is 11.2 Å². The van der Waals surface area contributed by atoms with Crippen LogP contribution in [0.5, 0.6) is 0 Å². The van der Waals surface area contributed by atoms with E-state index in [1.807, 2.05) is 12.1 Å². The van der Waals surface area contributed by atoms with Crippen molar-refractivity contribution in [3.8, 4) is 0 Å². The van der Waals surface area contributed by atoms with E-state index in [4.69, 9.17) is 0 Å². The van der Waals surface area contributed by atoms with Crippen LogP contribution < -0.4 is 5.32 Å². The highest BCUT2D eigenvalue weighted by Crippen LogP contribution is 2.27. The summed E-state index contributed by atoms with van der Waals surface area (Å²) < 4.78 is 14.6. The maximum Gasteiger partial charge on any atom is 0.127 e. The minimum absolute atomic E-state index is 0.112. The SMILES string of the molecule is CCCNCCC(C)(C)Cc1ccc(Br)cc1F. The van der Waals surface area contributed by atoms with E-state index in [9.17, 15) is 4.39 Å². The number of hydrogen-bond donors (Lipinski definition) is 1. The molecule has 18 heavy (non-hydrogen) atoms. The van der Waals surface area contributed by atoms with Crippen molar-refractivity contribution < 1.29 is 4.39 Å². The van der Waals surface area contributed by atoms with Crippen LogP contribution in [0.1, 0.15) is 39.2 Å². The number of rotatable bonds is 7. The summed E-state index contributed by atoms with van der Waals surface area (Å²) in [5.74, 6) is -0.112. The molecule has 1 rings (SSSR count). The van der Waals surface area contributed by atoms with Gasteiger partial charge in [-0.15, -0.1) is 0 Å². The zero-order valence-corrected chi connectivity index (χ0v) is 13.1. The lowest BCUT2D eigenvalue weighted by atomic mass is 9.82. The summed E-state index contributed by atoms with van der Waals surface area (Å²) in [6.45, 7) is 8.61. The van der Waals surface area contributed by atoms with E-state index in [0.717, 1.165) is 42.4 Å². The Hall–Kier alpha value is -0.410. The third-order valence-corrected chi connectivity index (χ3v) is 3.58. The van der Waals surface area contributed by atoms with Gasteiger partial charge in [0.1, 0.15) is 5.82 Å². The molecule has 0 radical (unpaired) electrons. The molecule has 1 nitrogen and oxygen atoms in total. The monoisotopic (exact) mass is 315 g/mol. The van der Waals surface area contributed by atoms with Gasteiger partial charge in [0.15, 0.2) is 0 Å². The molecule has 0 bridgehead atoms. The van der Waals surface area contributed by atoms with Crippen molar-refractivity contribution >= 4 is 15.9 Å². The second-order valence-electron chi connectivity index (χ2n) is 5.58. The van der Waals surface area contributed by atoms with Gasteiger partial charge in [0.25, 0.3) is 0 Å². The molecule has 0 fully saturated rings. The summed E-state index contributed by atoms with van der Waals surface area (Å²) >= 11 is 3.29. The Balaban J connectivity index is 2.53. The molecule has 0 spiro atoms. The predicted octanol–water partition coefficient (Wildman–Crippen LogP) is 4.55. The van der Waals surface area contributed by atoms with E-state index in [1.54, 1.807) is 6.07 Å². The van der Waals surface area contributed by atoms with Crippen LogP contribution >= 0.6 is 15.9 Å². The molecular formula is C15H23BrFN. The van der Waals surface area contributed by atoms with Crippen molar-refractivity contribution in [3.63, 3.8) is 0 Å². The molecule has 0 saturated carbocycles. The van der Waals surface area contributed by atoms with Crippen LogP contribution in [-0.2, 0) is 6.42 Å². The smallest absolute Gasteiger partial charge is 0.127 e. The summed E-state index contributed by atoms with van der Waals surface area (Å²) in [5, 5.41) is 3.40. The molecule has 0 heterocycles. The maximum atomic E-state index is 13.8. The fourth-order valence-electron chi connectivity index (χ4n) is 2.00. The number of nitrogens with one attached hydrogen (secondary N) is 1. The molecule has 0 aliphatic carbocycles. The first-order chi connectivity index (χ1) is 8.44. The molecular weight excluding hydrogens is 293 g/mol. The molecule has 1 aromatic carbocycles. The van der Waals surface area contributed by atoms with E-state index >= 15 is 0 Å². The Kier molecular flexibility index (Phi) is 6.30. The second kappa shape index (κ2) is 7.25. The Morgan fingerprint density at radius 1 is 1.28 bits per heavy atom. The Morgan fingerprint density at radius 2 is 2.00 bits per heavy atom. The Labute approximate surface area is 118 Å². The van der Waals surface area contributed by atoms with Crippen molar-refractivity contribution in [2.75, 3.05) is 13.1 Å². The molecule has 3 heteroatoms. The predicted molar refractivity (Wildman–Crippen MR) is 79.4 cm³/mol. The Morgan fingerprint density at radius 3 is 2.61 bits per heavy atom. The summed E-state index contributed by atoms with van der Waals surface area (Å²) in [5.41, 5.74) is 0.925. The molecule has 0 amide bonds. The van der Waals surface area contributed by atoms with Gasteiger partial charge in [-0.1, -0.05) is 42.8 Å². The van der Waals surface area contributed by atoms with E-state index in [0.29, 0.717) is 0 Å². The number of hydrogen-bond acceptors (Lipinski definition) is 1. The zero-order valence-electron chi connectivity index (χ0n) is 11.5. The molecule has 0 aromatic heterocycles. The van der Waals surface area contributed by atoms with Gasteiger partial charge >= 0.3 is 0 Å². The van der Waals surface area contributed by atoms with Crippen LogP contribution in [0, 0.1) is 11.2 Å². The quantitative estimate of drug-likeness (QED) is 0.728. The van der Waals surface area contributed by atoms with Crippen molar-refractivity contribution in [1.29, 1.82) is 0 Å². The molecule has 0 saturated heterocycles. The molecule has 0 atom stereocenters. The van der Waals surface area contributed by atoms with E-state index in [1.165, 1.54) is 0 Å². The van der Waals surface area contributed by atoms with Gasteiger partial charge in [-0.25, -0.2) is 4.39 Å². The highest BCUT2D eigenvalue weighted by atomic mass is 79.9. The largest absolute Gasteiger partial charge is 0.317 e. The third-order valence-electron chi connectivity index (χ3n) is 3.09. The summed E-state index contributed by atoms with van der Waals surface area (Å²) in [6, 6.07) is 5.32. The average molecular weight is 316 g/mol. The first-order valence-corrected chi connectivity index (χ1v) is 7.38. The van der Waals surface area contributed by atoms with Crippen molar-refractivity contribution in [3.05, 3.63) is 34.1 Å². The van der Waals surface area contributed by atoms with Crippen molar-refractivity contribution in [1.82, 2.24) is 5.32 Å². The fraction of sp³-hybridized carbons (Fsp3) is 0.600. The molecule has 1 aromatic rings. The maximum absolute atomic E-state index is 13.8. The van der Waals surface area contributed by atoms with Gasteiger partial charge in [0.05, 0.1) is 0 Å². The molecule has 102 valence electrons. The fourth-order valence-corrected chi connectivity index (χ4v) is 2.33. The van der Waals surface area contributed by atoms with Crippen LogP contribution in [0.4, 0.5) is 4.39 Å². The lowest BCUT2D eigenvalue weighted by molar-refractivity contribution is 0.321. The first-order valence-electron chi connectivity index (χ1n) is 6.59. The molecule has 0 aliphatic heterocycles. The zero-order chi connectivity index (χ0) is 13.6. The second-order valence-corrected chi connectivity index (χ2v) is 6.49. The summed E-state index contributed by atoms with van der Waals surface area (Å²) in [4.78, 5) is 0. The summed E-state index contributed by atoms with van der Waals surface area (Å²) in [6.07, 6.45) is 2.99. The minimum atomic E-state index is -0.112. The normalized spacial score (nSPS) is 11.8. The van der Waals surface area contributed by atoms with Gasteiger partial charge in [-0.05, 0) is 55.5 Å². The topological polar surface area (TPSA) is 12.0 Å². The van der Waals surface area contributed by atoms with Gasteiger partial charge in [0, 0.05) is 4.47 Å². The Bertz CT molecular complexity index is 377. The molecule has 0 unspecified atom stereocenters. The highest BCUT2D eigenvalue weighted by Gasteiger charge is 2.19. The highest BCUT2D eigenvalue weighted by molar-refractivity contribution is 9.10. The number of benzene rings is 1. The number of halogens is 2. The minimum Gasteiger partial charge on any atom is -0.317 e. The van der Waals surface area contributed by atoms with Gasteiger partial charge in [-0.3, -0.25) is 0 Å². The molecule has 1 N–H and O–H groups in total. The summed E-state index contributed by atoms with van der Waals surface area (Å²) in [7, 11) is 0. The van der Waals surface area contributed by atoms with Gasteiger partial charge < -0.3 is 5.32 Å². The average Bonchev–Trinajstić information content (AvgIpc) is 2.28. The van der Waals surface area contributed by atoms with Crippen LogP contribution in [0.2, 0.25) is 0 Å². The van der Waals surface area contributed by atoms with Crippen molar-refractivity contribution in [2.45, 2.75) is 40.0 Å². The van der Waals surface area contributed by atoms with Gasteiger partial charge in [0.2, 0.25) is 0 Å². The first kappa shape index (κ1) is 15.6. The van der Waals surface area contributed by atoms with Crippen LogP contribution in [-0.4, -0.2) is 13.1 Å². The van der Waals surface area contributed by atoms with Crippen molar-refractivity contribution in [2.24, 2.45) is 5.41 Å². The lowest BCUT2D eigenvalue weighted by Gasteiger charge is -2.25. The van der Waals surface area contributed by atoms with Crippen LogP contribution in [0.15, 0.2) is 22.7 Å². The standard InChI is InChI=1S/C15H23BrFN/c1-4-8-18-9-7-15(2,3)11-12-5-6-13(16)10-14(12)17/h5-6,10,18H,4,7-9,11H2,1-3H3. The third kappa shape index (κ3) is 5.49.